The number of likely N-dealkylation sites (tertiary alicyclic amines) is 2. The lowest BCUT2D eigenvalue weighted by atomic mass is 9.83. The Morgan fingerprint density at radius 3 is 2.46 bits per heavy atom. The van der Waals surface area contributed by atoms with Crippen molar-refractivity contribution in [3.63, 3.8) is 0 Å². The van der Waals surface area contributed by atoms with E-state index in [2.05, 4.69) is 21.9 Å². The highest BCUT2D eigenvalue weighted by molar-refractivity contribution is 5.89. The zero-order chi connectivity index (χ0) is 17.5. The van der Waals surface area contributed by atoms with E-state index in [1.54, 1.807) is 0 Å². The Kier molecular flexibility index (Phi) is 4.49. The van der Waals surface area contributed by atoms with Gasteiger partial charge >= 0.3 is 5.97 Å². The van der Waals surface area contributed by atoms with Gasteiger partial charge in [0.05, 0.1) is 0 Å². The third-order valence-electron chi connectivity index (χ3n) is 5.17. The molecular weight excluding hydrogens is 304 g/mol. The molecule has 0 bridgehead atoms. The molecule has 5 nitrogen and oxygen atoms in total. The molecule has 2 saturated heterocycles. The van der Waals surface area contributed by atoms with E-state index in [0.29, 0.717) is 0 Å². The normalized spacial score (nSPS) is 28.8. The lowest BCUT2D eigenvalue weighted by molar-refractivity contribution is -0.155. The summed E-state index contributed by atoms with van der Waals surface area (Å²) >= 11 is 0. The summed E-state index contributed by atoms with van der Waals surface area (Å²) in [6.07, 6.45) is 0.118. The molecular formula is C19H26N2O3. The molecule has 0 aromatic heterocycles. The third kappa shape index (κ3) is 3.23. The minimum atomic E-state index is -0.891. The number of ketones is 1. The van der Waals surface area contributed by atoms with Gasteiger partial charge in [0.15, 0.2) is 0 Å². The van der Waals surface area contributed by atoms with Crippen LogP contribution in [0.15, 0.2) is 30.3 Å². The van der Waals surface area contributed by atoms with Crippen molar-refractivity contribution in [3.8, 4) is 0 Å². The maximum atomic E-state index is 12.5. The molecule has 0 amide bonds. The second kappa shape index (κ2) is 6.30. The van der Waals surface area contributed by atoms with Gasteiger partial charge in [-0.15, -0.1) is 0 Å². The molecule has 0 aliphatic carbocycles. The maximum Gasteiger partial charge on any atom is 0.321 e. The van der Waals surface area contributed by atoms with Gasteiger partial charge < -0.3 is 5.11 Å². The Bertz CT molecular complexity index is 623. The van der Waals surface area contributed by atoms with Crippen LogP contribution in [0, 0.1) is 5.92 Å². The molecule has 5 heteroatoms. The summed E-state index contributed by atoms with van der Waals surface area (Å²) in [7, 11) is 0. The van der Waals surface area contributed by atoms with Crippen molar-refractivity contribution in [2.24, 2.45) is 5.92 Å². The Labute approximate surface area is 143 Å². The average molecular weight is 330 g/mol. The van der Waals surface area contributed by atoms with Gasteiger partial charge in [-0.1, -0.05) is 30.3 Å². The molecule has 1 N–H and O–H groups in total. The summed E-state index contributed by atoms with van der Waals surface area (Å²) in [5.41, 5.74) is 0.941. The first-order valence-corrected chi connectivity index (χ1v) is 8.57. The van der Waals surface area contributed by atoms with Gasteiger partial charge in [-0.05, 0) is 26.3 Å². The Balaban J connectivity index is 1.83. The molecule has 0 saturated carbocycles. The molecule has 3 rings (SSSR count). The van der Waals surface area contributed by atoms with E-state index < -0.39 is 12.0 Å². The molecule has 3 atom stereocenters. The first-order chi connectivity index (χ1) is 11.3. The van der Waals surface area contributed by atoms with Gasteiger partial charge in [0, 0.05) is 43.6 Å². The zero-order valence-electron chi connectivity index (χ0n) is 14.6. The van der Waals surface area contributed by atoms with Crippen molar-refractivity contribution in [1.82, 2.24) is 9.80 Å². The largest absolute Gasteiger partial charge is 0.480 e. The molecule has 0 radical (unpaired) electrons. The van der Waals surface area contributed by atoms with E-state index in [1.807, 2.05) is 39.0 Å². The molecule has 1 aromatic rings. The predicted molar refractivity (Wildman–Crippen MR) is 91.6 cm³/mol. The maximum absolute atomic E-state index is 12.5. The molecule has 2 fully saturated rings. The Hall–Kier alpha value is -1.72. The molecule has 2 aliphatic rings. The number of piperidine rings is 1. The van der Waals surface area contributed by atoms with Crippen molar-refractivity contribution < 1.29 is 14.7 Å². The number of benzene rings is 1. The number of nitrogens with zero attached hydrogens (tertiary/aromatic N) is 2. The quantitative estimate of drug-likeness (QED) is 0.919. The third-order valence-corrected chi connectivity index (χ3v) is 5.17. The smallest absolute Gasteiger partial charge is 0.321 e. The SMILES string of the molecule is CC(C)(C)N1C(C(=O)O)CC(=O)C2CN(Cc3ccccc3)CC21. The van der Waals surface area contributed by atoms with Crippen LogP contribution < -0.4 is 0 Å². The van der Waals surface area contributed by atoms with Crippen molar-refractivity contribution in [2.75, 3.05) is 13.1 Å². The number of hydrogen-bond donors (Lipinski definition) is 1. The fourth-order valence-corrected chi connectivity index (χ4v) is 4.28. The predicted octanol–water partition coefficient (Wildman–Crippen LogP) is 2.01. The number of carboxylic acids is 1. The number of aliphatic carboxylic acids is 1. The van der Waals surface area contributed by atoms with Crippen LogP contribution in [0.2, 0.25) is 0 Å². The Morgan fingerprint density at radius 2 is 1.88 bits per heavy atom. The van der Waals surface area contributed by atoms with Crippen LogP contribution in [0.5, 0.6) is 0 Å². The van der Waals surface area contributed by atoms with Crippen LogP contribution in [0.25, 0.3) is 0 Å². The first-order valence-electron chi connectivity index (χ1n) is 8.57. The first kappa shape index (κ1) is 17.1. The van der Waals surface area contributed by atoms with Crippen LogP contribution in [-0.4, -0.2) is 57.4 Å². The van der Waals surface area contributed by atoms with Crippen LogP contribution in [0.4, 0.5) is 0 Å². The van der Waals surface area contributed by atoms with Gasteiger partial charge in [0.25, 0.3) is 0 Å². The second-order valence-corrected chi connectivity index (χ2v) is 7.96. The highest BCUT2D eigenvalue weighted by Crippen LogP contribution is 2.37. The highest BCUT2D eigenvalue weighted by Gasteiger charge is 2.52. The van der Waals surface area contributed by atoms with Gasteiger partial charge in [-0.2, -0.15) is 0 Å². The summed E-state index contributed by atoms with van der Waals surface area (Å²) in [6.45, 7) is 8.38. The molecule has 2 heterocycles. The number of fused-ring (bicyclic) bond motifs is 1. The average Bonchev–Trinajstić information content (AvgIpc) is 2.90. The molecule has 130 valence electrons. The number of carbonyl (C=O) groups excluding carboxylic acids is 1. The van der Waals surface area contributed by atoms with E-state index in [-0.39, 0.29) is 29.7 Å². The molecule has 1 aromatic carbocycles. The van der Waals surface area contributed by atoms with Crippen molar-refractivity contribution >= 4 is 11.8 Å². The minimum Gasteiger partial charge on any atom is -0.480 e. The van der Waals surface area contributed by atoms with Crippen LogP contribution in [0.1, 0.15) is 32.8 Å². The fraction of sp³-hybridized carbons (Fsp3) is 0.579. The molecule has 2 aliphatic heterocycles. The summed E-state index contributed by atoms with van der Waals surface area (Å²) in [5, 5.41) is 9.60. The van der Waals surface area contributed by atoms with Crippen molar-refractivity contribution in [1.29, 1.82) is 0 Å². The molecule has 24 heavy (non-hydrogen) atoms. The van der Waals surface area contributed by atoms with Gasteiger partial charge in [0.1, 0.15) is 11.8 Å². The van der Waals surface area contributed by atoms with Gasteiger partial charge in [0.2, 0.25) is 0 Å². The lowest BCUT2D eigenvalue weighted by Gasteiger charge is -2.48. The van der Waals surface area contributed by atoms with Crippen molar-refractivity contribution in [3.05, 3.63) is 35.9 Å². The monoisotopic (exact) mass is 330 g/mol. The number of Topliss-reactive ketones (excluding diaryl/α,β-unsaturated/α-hetero) is 1. The summed E-state index contributed by atoms with van der Waals surface area (Å²) in [4.78, 5) is 28.6. The topological polar surface area (TPSA) is 60.9 Å². The number of rotatable bonds is 3. The number of hydrogen-bond acceptors (Lipinski definition) is 4. The Morgan fingerprint density at radius 1 is 1.21 bits per heavy atom. The van der Waals surface area contributed by atoms with E-state index >= 15 is 0 Å². The summed E-state index contributed by atoms with van der Waals surface area (Å²) in [6, 6.07) is 9.48. The lowest BCUT2D eigenvalue weighted by Crippen LogP contribution is -2.63. The van der Waals surface area contributed by atoms with E-state index in [9.17, 15) is 14.7 Å². The van der Waals surface area contributed by atoms with E-state index in [1.165, 1.54) is 5.56 Å². The number of carbonyl (C=O) groups is 2. The highest BCUT2D eigenvalue weighted by atomic mass is 16.4. The van der Waals surface area contributed by atoms with E-state index in [0.717, 1.165) is 19.6 Å². The summed E-state index contributed by atoms with van der Waals surface area (Å²) in [5.74, 6) is -0.870. The van der Waals surface area contributed by atoms with Crippen LogP contribution in [0.3, 0.4) is 0 Å². The van der Waals surface area contributed by atoms with Crippen LogP contribution >= 0.6 is 0 Å². The zero-order valence-corrected chi connectivity index (χ0v) is 14.6. The number of carboxylic acid groups (broad SMARTS) is 1. The van der Waals surface area contributed by atoms with E-state index in [4.69, 9.17) is 0 Å². The van der Waals surface area contributed by atoms with Gasteiger partial charge in [-0.3, -0.25) is 19.4 Å². The molecule has 3 unspecified atom stereocenters. The van der Waals surface area contributed by atoms with Crippen LogP contribution in [-0.2, 0) is 16.1 Å². The fourth-order valence-electron chi connectivity index (χ4n) is 4.28. The van der Waals surface area contributed by atoms with Crippen molar-refractivity contribution in [2.45, 2.75) is 51.4 Å². The second-order valence-electron chi connectivity index (χ2n) is 7.96. The molecule has 0 spiro atoms. The standard InChI is InChI=1S/C19H26N2O3/c1-19(2,3)21-15(18(23)24)9-17(22)14-11-20(12-16(14)21)10-13-7-5-4-6-8-13/h4-8,14-16H,9-12H2,1-3H3,(H,23,24). The summed E-state index contributed by atoms with van der Waals surface area (Å²) < 4.78 is 0. The minimum absolute atomic E-state index is 0.0175. The van der Waals surface area contributed by atoms with Gasteiger partial charge in [-0.25, -0.2) is 0 Å².